The van der Waals surface area contributed by atoms with Gasteiger partial charge in [-0.1, -0.05) is 114 Å². The Balaban J connectivity index is 1.90. The normalized spacial score (nSPS) is 26.0. The summed E-state index contributed by atoms with van der Waals surface area (Å²) in [4.78, 5) is 0. The fourth-order valence-electron chi connectivity index (χ4n) is 5.06. The molecule has 0 radical (unpaired) electrons. The molecule has 170 valence electrons. The van der Waals surface area contributed by atoms with E-state index in [2.05, 4.69) is 32.1 Å². The van der Waals surface area contributed by atoms with E-state index in [0.29, 0.717) is 6.42 Å². The first-order chi connectivity index (χ1) is 14.6. The zero-order valence-electron chi connectivity index (χ0n) is 19.5. The molecule has 0 aliphatic heterocycles. The maximum atomic E-state index is 15.2. The van der Waals surface area contributed by atoms with Gasteiger partial charge in [0, 0.05) is 0 Å². The van der Waals surface area contributed by atoms with Crippen LogP contribution in [0.1, 0.15) is 110 Å². The van der Waals surface area contributed by atoms with E-state index in [0.717, 1.165) is 25.7 Å². The van der Waals surface area contributed by atoms with Gasteiger partial charge in [-0.25, -0.2) is 8.78 Å². The second kappa shape index (κ2) is 14.0. The van der Waals surface area contributed by atoms with E-state index in [4.69, 9.17) is 0 Å². The van der Waals surface area contributed by atoms with E-state index in [1.165, 1.54) is 75.9 Å². The molecule has 3 unspecified atom stereocenters. The van der Waals surface area contributed by atoms with Gasteiger partial charge in [-0.15, -0.1) is 0 Å². The SMILES string of the molecule is CCCCCCCCCCC1(C2C=CC(CCCCCC)=CC2)C(F)=CC=CC1F. The van der Waals surface area contributed by atoms with Gasteiger partial charge in [-0.05, 0) is 43.8 Å². The number of halogens is 2. The van der Waals surface area contributed by atoms with Gasteiger partial charge in [0.15, 0.2) is 0 Å². The summed E-state index contributed by atoms with van der Waals surface area (Å²) in [6.07, 6.45) is 26.9. The molecule has 0 spiro atoms. The molecule has 0 nitrogen and oxygen atoms in total. The summed E-state index contributed by atoms with van der Waals surface area (Å²) < 4.78 is 30.4. The van der Waals surface area contributed by atoms with E-state index >= 15 is 8.78 Å². The summed E-state index contributed by atoms with van der Waals surface area (Å²) in [5.74, 6) is -0.340. The lowest BCUT2D eigenvalue weighted by atomic mass is 9.63. The molecule has 30 heavy (non-hydrogen) atoms. The maximum absolute atomic E-state index is 15.2. The van der Waals surface area contributed by atoms with Crippen LogP contribution in [0.25, 0.3) is 0 Å². The maximum Gasteiger partial charge on any atom is 0.131 e. The molecular formula is C28H44F2. The van der Waals surface area contributed by atoms with Gasteiger partial charge in [0.05, 0.1) is 5.41 Å². The van der Waals surface area contributed by atoms with Crippen LogP contribution in [0, 0.1) is 11.3 Å². The highest BCUT2D eigenvalue weighted by atomic mass is 19.1. The highest BCUT2D eigenvalue weighted by Gasteiger charge is 2.48. The van der Waals surface area contributed by atoms with Crippen molar-refractivity contribution < 1.29 is 8.78 Å². The van der Waals surface area contributed by atoms with Crippen LogP contribution in [0.15, 0.2) is 47.9 Å². The second-order valence-corrected chi connectivity index (χ2v) is 9.36. The van der Waals surface area contributed by atoms with Gasteiger partial charge >= 0.3 is 0 Å². The van der Waals surface area contributed by atoms with E-state index in [1.807, 2.05) is 0 Å². The van der Waals surface area contributed by atoms with E-state index in [1.54, 1.807) is 12.2 Å². The fraction of sp³-hybridized carbons (Fsp3) is 0.714. The van der Waals surface area contributed by atoms with Gasteiger partial charge in [-0.3, -0.25) is 0 Å². The standard InChI is InChI=1S/C28H44F2/c1-3-5-7-9-10-11-12-14-23-28(26(29)17-15-18-27(28)30)25-21-19-24(20-22-25)16-13-8-6-4-2/h15,17-21,25-26H,3-14,16,22-23H2,1-2H3. The Morgan fingerprint density at radius 2 is 1.50 bits per heavy atom. The largest absolute Gasteiger partial charge is 0.242 e. The third kappa shape index (κ3) is 7.20. The van der Waals surface area contributed by atoms with Crippen LogP contribution in [0.2, 0.25) is 0 Å². The Labute approximate surface area is 184 Å². The van der Waals surface area contributed by atoms with Crippen molar-refractivity contribution in [2.45, 2.75) is 116 Å². The number of hydrogen-bond donors (Lipinski definition) is 0. The summed E-state index contributed by atoms with van der Waals surface area (Å²) in [6, 6.07) is 0. The highest BCUT2D eigenvalue weighted by Crippen LogP contribution is 2.51. The Morgan fingerprint density at radius 1 is 0.867 bits per heavy atom. The molecule has 0 aromatic rings. The summed E-state index contributed by atoms with van der Waals surface area (Å²) in [7, 11) is 0. The highest BCUT2D eigenvalue weighted by molar-refractivity contribution is 5.33. The summed E-state index contributed by atoms with van der Waals surface area (Å²) in [5.41, 5.74) is 0.341. The molecule has 2 aliphatic carbocycles. The Kier molecular flexibility index (Phi) is 11.7. The minimum atomic E-state index is -1.23. The average molecular weight is 419 g/mol. The molecule has 0 amide bonds. The number of allylic oxidation sites excluding steroid dienone is 8. The predicted molar refractivity (Wildman–Crippen MR) is 127 cm³/mol. The molecule has 0 bridgehead atoms. The fourth-order valence-corrected chi connectivity index (χ4v) is 5.06. The molecule has 0 saturated carbocycles. The van der Waals surface area contributed by atoms with E-state index in [9.17, 15) is 0 Å². The molecule has 2 heteroatoms. The zero-order chi connectivity index (χ0) is 21.7. The quantitative estimate of drug-likeness (QED) is 0.232. The zero-order valence-corrected chi connectivity index (χ0v) is 19.5. The Bertz CT molecular complexity index is 598. The summed E-state index contributed by atoms with van der Waals surface area (Å²) >= 11 is 0. The number of alkyl halides is 1. The van der Waals surface area contributed by atoms with E-state index in [-0.39, 0.29) is 11.7 Å². The van der Waals surface area contributed by atoms with Crippen LogP contribution >= 0.6 is 0 Å². The molecule has 0 aromatic heterocycles. The first-order valence-corrected chi connectivity index (χ1v) is 12.7. The number of rotatable bonds is 15. The van der Waals surface area contributed by atoms with Crippen LogP contribution in [0.5, 0.6) is 0 Å². The van der Waals surface area contributed by atoms with Crippen LogP contribution in [0.3, 0.4) is 0 Å². The lowest BCUT2D eigenvalue weighted by molar-refractivity contribution is 0.0860. The molecule has 2 rings (SSSR count). The van der Waals surface area contributed by atoms with Crippen molar-refractivity contribution >= 4 is 0 Å². The van der Waals surface area contributed by atoms with Crippen molar-refractivity contribution in [3.05, 3.63) is 47.9 Å². The van der Waals surface area contributed by atoms with Gasteiger partial charge in [-0.2, -0.15) is 0 Å². The van der Waals surface area contributed by atoms with Gasteiger partial charge in [0.25, 0.3) is 0 Å². The summed E-state index contributed by atoms with van der Waals surface area (Å²) in [5, 5.41) is 0. The molecule has 0 N–H and O–H groups in total. The van der Waals surface area contributed by atoms with Gasteiger partial charge in [0.1, 0.15) is 12.0 Å². The third-order valence-electron chi connectivity index (χ3n) is 7.06. The first-order valence-electron chi connectivity index (χ1n) is 12.7. The Morgan fingerprint density at radius 3 is 2.10 bits per heavy atom. The first kappa shape index (κ1) is 25.1. The third-order valence-corrected chi connectivity index (χ3v) is 7.06. The van der Waals surface area contributed by atoms with Crippen molar-refractivity contribution in [1.82, 2.24) is 0 Å². The molecule has 3 atom stereocenters. The monoisotopic (exact) mass is 418 g/mol. The Hall–Kier alpha value is -1.18. The predicted octanol–water partition coefficient (Wildman–Crippen LogP) is 9.74. The molecule has 2 aliphatic rings. The molecule has 0 aromatic carbocycles. The second-order valence-electron chi connectivity index (χ2n) is 9.36. The molecule has 0 heterocycles. The summed E-state index contributed by atoms with van der Waals surface area (Å²) in [6.45, 7) is 4.46. The minimum Gasteiger partial charge on any atom is -0.242 e. The number of hydrogen-bond acceptors (Lipinski definition) is 0. The van der Waals surface area contributed by atoms with Gasteiger partial charge in [0.2, 0.25) is 0 Å². The van der Waals surface area contributed by atoms with Gasteiger partial charge < -0.3 is 0 Å². The van der Waals surface area contributed by atoms with Crippen molar-refractivity contribution in [1.29, 1.82) is 0 Å². The van der Waals surface area contributed by atoms with Crippen molar-refractivity contribution in [3.63, 3.8) is 0 Å². The van der Waals surface area contributed by atoms with Crippen LogP contribution in [0.4, 0.5) is 8.78 Å². The number of unbranched alkanes of at least 4 members (excludes halogenated alkanes) is 10. The minimum absolute atomic E-state index is 0.0855. The molecule has 0 fully saturated rings. The van der Waals surface area contributed by atoms with Crippen LogP contribution < -0.4 is 0 Å². The van der Waals surface area contributed by atoms with E-state index < -0.39 is 11.6 Å². The van der Waals surface area contributed by atoms with Crippen LogP contribution in [-0.4, -0.2) is 6.17 Å². The molecular weight excluding hydrogens is 374 g/mol. The lowest BCUT2D eigenvalue weighted by Gasteiger charge is -2.42. The lowest BCUT2D eigenvalue weighted by Crippen LogP contribution is -2.40. The van der Waals surface area contributed by atoms with Crippen molar-refractivity contribution in [2.75, 3.05) is 0 Å². The van der Waals surface area contributed by atoms with Crippen LogP contribution in [-0.2, 0) is 0 Å². The average Bonchev–Trinajstić information content (AvgIpc) is 2.76. The van der Waals surface area contributed by atoms with Crippen molar-refractivity contribution in [2.24, 2.45) is 11.3 Å². The van der Waals surface area contributed by atoms with Crippen molar-refractivity contribution in [3.8, 4) is 0 Å². The topological polar surface area (TPSA) is 0 Å². The smallest absolute Gasteiger partial charge is 0.131 e. The molecule has 0 saturated heterocycles.